The van der Waals surface area contributed by atoms with E-state index in [1.165, 1.54) is 17.7 Å². The number of aromatic nitrogens is 3. The zero-order chi connectivity index (χ0) is 14.0. The van der Waals surface area contributed by atoms with Crippen molar-refractivity contribution in [3.05, 3.63) is 26.7 Å². The number of thiazole rings is 1. The molecule has 2 aromatic heterocycles. The number of aryl methyl sites for hydroxylation is 1. The number of alkyl halides is 3. The minimum Gasteiger partial charge on any atom is -0.308 e. The molecule has 0 saturated carbocycles. The van der Waals surface area contributed by atoms with Crippen molar-refractivity contribution in [1.29, 1.82) is 0 Å². The van der Waals surface area contributed by atoms with Crippen molar-refractivity contribution in [2.24, 2.45) is 0 Å². The molecule has 19 heavy (non-hydrogen) atoms. The van der Waals surface area contributed by atoms with Gasteiger partial charge in [-0.3, -0.25) is 0 Å². The molecule has 2 heterocycles. The van der Waals surface area contributed by atoms with Gasteiger partial charge in [0.1, 0.15) is 0 Å². The van der Waals surface area contributed by atoms with E-state index in [1.54, 1.807) is 7.05 Å². The monoisotopic (exact) mass is 308 g/mol. The summed E-state index contributed by atoms with van der Waals surface area (Å²) in [6.45, 7) is 1.93. The summed E-state index contributed by atoms with van der Waals surface area (Å²) in [6, 6.07) is -0.344. The van der Waals surface area contributed by atoms with Gasteiger partial charge in [-0.15, -0.1) is 16.4 Å². The van der Waals surface area contributed by atoms with E-state index in [4.69, 9.17) is 0 Å². The van der Waals surface area contributed by atoms with Crippen molar-refractivity contribution in [1.82, 2.24) is 19.9 Å². The second kappa shape index (κ2) is 5.51. The van der Waals surface area contributed by atoms with Crippen LogP contribution in [-0.2, 0) is 12.6 Å². The lowest BCUT2D eigenvalue weighted by atomic mass is 10.1. The average molecular weight is 308 g/mol. The zero-order valence-electron chi connectivity index (χ0n) is 10.2. The van der Waals surface area contributed by atoms with Gasteiger partial charge >= 0.3 is 6.18 Å². The molecular formula is C10H11F3N4S2. The first-order chi connectivity index (χ1) is 8.97. The number of hydrogen-bond donors (Lipinski definition) is 1. The van der Waals surface area contributed by atoms with Crippen LogP contribution in [0.2, 0.25) is 0 Å². The Morgan fingerprint density at radius 2 is 2.16 bits per heavy atom. The molecule has 4 nitrogen and oxygen atoms in total. The summed E-state index contributed by atoms with van der Waals surface area (Å²) < 4.78 is 41.5. The summed E-state index contributed by atoms with van der Waals surface area (Å²) in [5.74, 6) is 0. The van der Waals surface area contributed by atoms with Gasteiger partial charge in [0.15, 0.2) is 5.01 Å². The summed E-state index contributed by atoms with van der Waals surface area (Å²) in [7, 11) is 1.69. The summed E-state index contributed by atoms with van der Waals surface area (Å²) in [5, 5.41) is 6.13. The molecule has 0 aliphatic rings. The van der Waals surface area contributed by atoms with E-state index < -0.39 is 11.2 Å². The van der Waals surface area contributed by atoms with Gasteiger partial charge in [0.05, 0.1) is 16.6 Å². The molecule has 1 N–H and O–H groups in total. The van der Waals surface area contributed by atoms with Crippen molar-refractivity contribution in [2.45, 2.75) is 25.6 Å². The topological polar surface area (TPSA) is 50.7 Å². The van der Waals surface area contributed by atoms with E-state index >= 15 is 0 Å². The highest BCUT2D eigenvalue weighted by atomic mass is 32.1. The average Bonchev–Trinajstić information content (AvgIpc) is 2.97. The smallest absolute Gasteiger partial charge is 0.308 e. The van der Waals surface area contributed by atoms with E-state index in [2.05, 4.69) is 19.9 Å². The highest BCUT2D eigenvalue weighted by Gasteiger charge is 2.35. The normalized spacial score (nSPS) is 13.7. The van der Waals surface area contributed by atoms with E-state index in [0.29, 0.717) is 22.6 Å². The van der Waals surface area contributed by atoms with Crippen LogP contribution >= 0.6 is 22.9 Å². The predicted molar refractivity (Wildman–Crippen MR) is 67.3 cm³/mol. The van der Waals surface area contributed by atoms with Crippen LogP contribution in [0.1, 0.15) is 33.4 Å². The third-order valence-corrected chi connectivity index (χ3v) is 4.46. The van der Waals surface area contributed by atoms with Crippen LogP contribution in [-0.4, -0.2) is 21.6 Å². The molecule has 0 radical (unpaired) electrons. The lowest BCUT2D eigenvalue weighted by molar-refractivity contribution is -0.137. The molecule has 0 aromatic carbocycles. The summed E-state index contributed by atoms with van der Waals surface area (Å²) in [6.07, 6.45) is -2.45. The maximum Gasteiger partial charge on any atom is 0.443 e. The van der Waals surface area contributed by atoms with E-state index in [0.717, 1.165) is 10.6 Å². The van der Waals surface area contributed by atoms with Crippen LogP contribution in [0.4, 0.5) is 13.2 Å². The molecule has 0 spiro atoms. The molecule has 104 valence electrons. The first-order valence-electron chi connectivity index (χ1n) is 5.48. The first kappa shape index (κ1) is 14.4. The molecule has 0 aliphatic heterocycles. The maximum atomic E-state index is 12.6. The van der Waals surface area contributed by atoms with Crippen molar-refractivity contribution >= 4 is 22.9 Å². The standard InChI is InChI=1S/C10H11F3N4S2/c1-3-5-8(19-17-16-5)7(14-2)6-4-15-9(18-6)10(11,12)13/h4,7,14H,3H2,1-2H3. The first-order valence-corrected chi connectivity index (χ1v) is 7.07. The molecule has 0 amide bonds. The van der Waals surface area contributed by atoms with Crippen LogP contribution in [0.3, 0.4) is 0 Å². The second-order valence-corrected chi connectivity index (χ2v) is 5.57. The highest BCUT2D eigenvalue weighted by Crippen LogP contribution is 2.37. The molecule has 1 unspecified atom stereocenters. The quantitative estimate of drug-likeness (QED) is 0.943. The lowest BCUT2D eigenvalue weighted by Crippen LogP contribution is -2.16. The van der Waals surface area contributed by atoms with Gasteiger partial charge in [0.2, 0.25) is 0 Å². The van der Waals surface area contributed by atoms with Crippen LogP contribution in [0.5, 0.6) is 0 Å². The summed E-state index contributed by atoms with van der Waals surface area (Å²) in [4.78, 5) is 4.78. The third kappa shape index (κ3) is 2.93. The van der Waals surface area contributed by atoms with Crippen molar-refractivity contribution in [3.8, 4) is 0 Å². The van der Waals surface area contributed by atoms with E-state index in [1.807, 2.05) is 6.92 Å². The fourth-order valence-corrected chi connectivity index (χ4v) is 3.48. The number of nitrogens with zero attached hydrogens (tertiary/aromatic N) is 3. The molecule has 0 fully saturated rings. The van der Waals surface area contributed by atoms with Crippen LogP contribution in [0, 0.1) is 0 Å². The highest BCUT2D eigenvalue weighted by molar-refractivity contribution is 7.12. The summed E-state index contributed by atoms with van der Waals surface area (Å²) in [5.41, 5.74) is 0.798. The predicted octanol–water partition coefficient (Wildman–Crippen LogP) is 2.88. The van der Waals surface area contributed by atoms with Crippen LogP contribution in [0.25, 0.3) is 0 Å². The SMILES string of the molecule is CCc1nnsc1C(NC)c1cnc(C(F)(F)F)s1. The van der Waals surface area contributed by atoms with Gasteiger partial charge in [-0.05, 0) is 25.0 Å². The van der Waals surface area contributed by atoms with Gasteiger partial charge < -0.3 is 5.32 Å². The number of halogens is 3. The minimum atomic E-state index is -4.40. The Balaban J connectivity index is 2.35. The molecule has 0 aliphatic carbocycles. The fraction of sp³-hybridized carbons (Fsp3) is 0.500. The zero-order valence-corrected chi connectivity index (χ0v) is 11.8. The molecule has 9 heteroatoms. The van der Waals surface area contributed by atoms with E-state index in [9.17, 15) is 13.2 Å². The van der Waals surface area contributed by atoms with E-state index in [-0.39, 0.29) is 6.04 Å². The Bertz CT molecular complexity index is 549. The largest absolute Gasteiger partial charge is 0.443 e. The summed E-state index contributed by atoms with van der Waals surface area (Å²) >= 11 is 1.83. The Morgan fingerprint density at radius 3 is 2.68 bits per heavy atom. The Kier molecular flexibility index (Phi) is 4.16. The number of hydrogen-bond acceptors (Lipinski definition) is 6. The molecule has 2 rings (SSSR count). The van der Waals surface area contributed by atoms with Gasteiger partial charge in [-0.2, -0.15) is 13.2 Å². The molecule has 0 saturated heterocycles. The van der Waals surface area contributed by atoms with Gasteiger partial charge in [0.25, 0.3) is 0 Å². The van der Waals surface area contributed by atoms with Crippen molar-refractivity contribution < 1.29 is 13.2 Å². The third-order valence-electron chi connectivity index (χ3n) is 2.52. The van der Waals surface area contributed by atoms with Crippen molar-refractivity contribution in [3.63, 3.8) is 0 Å². The van der Waals surface area contributed by atoms with Crippen molar-refractivity contribution in [2.75, 3.05) is 7.05 Å². The molecule has 0 bridgehead atoms. The number of nitrogens with one attached hydrogen (secondary N) is 1. The number of rotatable bonds is 4. The Hall–Kier alpha value is -1.06. The minimum absolute atomic E-state index is 0.344. The maximum absolute atomic E-state index is 12.6. The fourth-order valence-electron chi connectivity index (χ4n) is 1.63. The van der Waals surface area contributed by atoms with Gasteiger partial charge in [0, 0.05) is 11.1 Å². The Labute approximate surface area is 115 Å². The molecular weight excluding hydrogens is 297 g/mol. The molecule has 2 aromatic rings. The van der Waals surface area contributed by atoms with Gasteiger partial charge in [-0.1, -0.05) is 11.4 Å². The van der Waals surface area contributed by atoms with Crippen LogP contribution in [0.15, 0.2) is 6.20 Å². The van der Waals surface area contributed by atoms with Gasteiger partial charge in [-0.25, -0.2) is 4.98 Å². The Morgan fingerprint density at radius 1 is 1.42 bits per heavy atom. The van der Waals surface area contributed by atoms with Crippen LogP contribution < -0.4 is 5.32 Å². The molecule has 1 atom stereocenters. The second-order valence-electron chi connectivity index (χ2n) is 3.72. The lowest BCUT2D eigenvalue weighted by Gasteiger charge is -2.12.